The highest BCUT2D eigenvalue weighted by Gasteiger charge is 2.34. The molecule has 28 heavy (non-hydrogen) atoms. The predicted octanol–water partition coefficient (Wildman–Crippen LogP) is -1.46. The summed E-state index contributed by atoms with van der Waals surface area (Å²) in [6, 6.07) is -1.88. The number of carboxylic acid groups (broad SMARTS) is 1. The number of nitrogens with two attached hydrogens (primary N) is 1. The molecule has 0 radical (unpaired) electrons. The van der Waals surface area contributed by atoms with Crippen LogP contribution in [0.25, 0.3) is 0 Å². The van der Waals surface area contributed by atoms with Crippen molar-refractivity contribution in [1.29, 1.82) is 0 Å². The minimum Gasteiger partial charge on any atom is -0.480 e. The van der Waals surface area contributed by atoms with E-state index < -0.39 is 29.9 Å². The number of amides is 3. The Morgan fingerprint density at radius 1 is 1.18 bits per heavy atom. The molecule has 2 heterocycles. The molecule has 0 aromatic heterocycles. The minimum atomic E-state index is -1.03. The van der Waals surface area contributed by atoms with Crippen LogP contribution in [0.4, 0.5) is 0 Å². The van der Waals surface area contributed by atoms with Crippen molar-refractivity contribution in [3.05, 3.63) is 0 Å². The Bertz CT molecular complexity index is 579. The summed E-state index contributed by atoms with van der Waals surface area (Å²) in [6.45, 7) is 1.36. The maximum absolute atomic E-state index is 12.6. The van der Waals surface area contributed by atoms with Crippen LogP contribution in [-0.2, 0) is 19.2 Å². The van der Waals surface area contributed by atoms with Crippen LogP contribution in [0.5, 0.6) is 0 Å². The first-order valence-corrected chi connectivity index (χ1v) is 9.98. The molecule has 158 valence electrons. The highest BCUT2D eigenvalue weighted by atomic mass is 16.4. The highest BCUT2D eigenvalue weighted by Crippen LogP contribution is 2.17. The van der Waals surface area contributed by atoms with E-state index in [4.69, 9.17) is 5.73 Å². The number of hydrogen-bond acceptors (Lipinski definition) is 6. The van der Waals surface area contributed by atoms with Gasteiger partial charge >= 0.3 is 5.97 Å². The van der Waals surface area contributed by atoms with Gasteiger partial charge in [0.15, 0.2) is 0 Å². The van der Waals surface area contributed by atoms with Crippen LogP contribution < -0.4 is 21.7 Å². The molecule has 0 aromatic carbocycles. The largest absolute Gasteiger partial charge is 0.480 e. The van der Waals surface area contributed by atoms with Gasteiger partial charge in [-0.2, -0.15) is 0 Å². The third-order valence-corrected chi connectivity index (χ3v) is 5.23. The van der Waals surface area contributed by atoms with E-state index in [1.54, 1.807) is 0 Å². The van der Waals surface area contributed by atoms with Gasteiger partial charge in [-0.1, -0.05) is 0 Å². The number of carbonyl (C=O) groups is 4. The second-order valence-corrected chi connectivity index (χ2v) is 7.30. The van der Waals surface area contributed by atoms with Crippen LogP contribution in [0.3, 0.4) is 0 Å². The van der Waals surface area contributed by atoms with Crippen molar-refractivity contribution in [2.75, 3.05) is 26.2 Å². The molecule has 2 aliphatic rings. The third-order valence-electron chi connectivity index (χ3n) is 5.23. The minimum absolute atomic E-state index is 0.220. The number of likely N-dealkylation sites (tertiary alicyclic amines) is 1. The summed E-state index contributed by atoms with van der Waals surface area (Å²) in [5, 5.41) is 17.6. The Morgan fingerprint density at radius 3 is 2.61 bits per heavy atom. The Labute approximate surface area is 164 Å². The quantitative estimate of drug-likeness (QED) is 0.282. The molecule has 2 fully saturated rings. The van der Waals surface area contributed by atoms with E-state index in [0.717, 1.165) is 25.8 Å². The zero-order chi connectivity index (χ0) is 20.5. The van der Waals surface area contributed by atoms with Gasteiger partial charge in [-0.05, 0) is 58.0 Å². The van der Waals surface area contributed by atoms with Crippen molar-refractivity contribution < 1.29 is 24.3 Å². The molecule has 2 rings (SSSR count). The van der Waals surface area contributed by atoms with Crippen molar-refractivity contribution in [2.24, 2.45) is 5.73 Å². The maximum atomic E-state index is 12.6. The lowest BCUT2D eigenvalue weighted by atomic mass is 10.1. The average molecular weight is 397 g/mol. The topological polar surface area (TPSA) is 154 Å². The molecule has 3 atom stereocenters. The number of carbonyl (C=O) groups excluding carboxylic acids is 3. The van der Waals surface area contributed by atoms with E-state index in [0.29, 0.717) is 38.8 Å². The van der Waals surface area contributed by atoms with Gasteiger partial charge in [-0.25, -0.2) is 4.79 Å². The molecule has 10 heteroatoms. The lowest BCUT2D eigenvalue weighted by Crippen LogP contribution is -2.53. The molecule has 0 saturated carbocycles. The van der Waals surface area contributed by atoms with Crippen molar-refractivity contribution in [3.8, 4) is 0 Å². The fraction of sp³-hybridized carbons (Fsp3) is 0.778. The van der Waals surface area contributed by atoms with Crippen molar-refractivity contribution in [2.45, 2.75) is 63.1 Å². The van der Waals surface area contributed by atoms with Crippen LogP contribution in [0, 0.1) is 0 Å². The number of carboxylic acids is 1. The van der Waals surface area contributed by atoms with Gasteiger partial charge in [0.05, 0.1) is 12.6 Å². The number of hydrogen-bond donors (Lipinski definition) is 5. The lowest BCUT2D eigenvalue weighted by Gasteiger charge is -2.23. The van der Waals surface area contributed by atoms with Gasteiger partial charge in [-0.15, -0.1) is 0 Å². The number of rotatable bonds is 10. The Balaban J connectivity index is 1.88. The SMILES string of the molecule is NCCCC[C@H](NC(=O)[C@@H]1CCCN1)C(=O)NCC(=O)N1CCC[C@H]1C(=O)O. The summed E-state index contributed by atoms with van der Waals surface area (Å²) in [4.78, 5) is 49.7. The summed E-state index contributed by atoms with van der Waals surface area (Å²) in [7, 11) is 0. The predicted molar refractivity (Wildman–Crippen MR) is 101 cm³/mol. The fourth-order valence-electron chi connectivity index (χ4n) is 3.65. The first kappa shape index (κ1) is 22.1. The standard InChI is InChI=1S/C18H31N5O5/c19-8-2-1-5-13(22-17(26)12-6-3-9-20-12)16(25)21-11-15(24)23-10-4-7-14(23)18(27)28/h12-14,20H,1-11,19H2,(H,21,25)(H,22,26)(H,27,28)/t12-,13-,14-/m0/s1. The summed E-state index contributed by atoms with van der Waals surface area (Å²) in [5.74, 6) is -2.12. The molecular formula is C18H31N5O5. The van der Waals surface area contributed by atoms with Gasteiger partial charge in [0.1, 0.15) is 12.1 Å². The van der Waals surface area contributed by atoms with Crippen molar-refractivity contribution >= 4 is 23.7 Å². The fourth-order valence-corrected chi connectivity index (χ4v) is 3.65. The third kappa shape index (κ3) is 6.16. The molecule has 0 aliphatic carbocycles. The van der Waals surface area contributed by atoms with Crippen molar-refractivity contribution in [1.82, 2.24) is 20.9 Å². The second kappa shape index (κ2) is 11.0. The monoisotopic (exact) mass is 397 g/mol. The number of unbranched alkanes of at least 4 members (excludes halogenated alkanes) is 1. The van der Waals surface area contributed by atoms with Crippen LogP contribution >= 0.6 is 0 Å². The highest BCUT2D eigenvalue weighted by molar-refractivity contribution is 5.92. The van der Waals surface area contributed by atoms with Crippen LogP contribution in [0.2, 0.25) is 0 Å². The van der Waals surface area contributed by atoms with Gasteiger partial charge in [0.25, 0.3) is 0 Å². The molecule has 0 aromatic rings. The summed E-state index contributed by atoms with van der Waals surface area (Å²) in [5.41, 5.74) is 5.50. The molecule has 10 nitrogen and oxygen atoms in total. The van der Waals surface area contributed by atoms with E-state index >= 15 is 0 Å². The molecule has 2 aliphatic heterocycles. The van der Waals surface area contributed by atoms with Crippen LogP contribution in [0.1, 0.15) is 44.9 Å². The van der Waals surface area contributed by atoms with Gasteiger partial charge in [0, 0.05) is 6.54 Å². The molecule has 0 bridgehead atoms. The molecular weight excluding hydrogens is 366 g/mol. The number of aliphatic carboxylic acids is 1. The Kier molecular flexibility index (Phi) is 8.65. The van der Waals surface area contributed by atoms with Gasteiger partial charge < -0.3 is 31.7 Å². The second-order valence-electron chi connectivity index (χ2n) is 7.30. The smallest absolute Gasteiger partial charge is 0.326 e. The first-order chi connectivity index (χ1) is 13.4. The van der Waals surface area contributed by atoms with Crippen LogP contribution in [-0.4, -0.2) is 78.0 Å². The Morgan fingerprint density at radius 2 is 1.96 bits per heavy atom. The Hall–Kier alpha value is -2.20. The maximum Gasteiger partial charge on any atom is 0.326 e. The van der Waals surface area contributed by atoms with Crippen molar-refractivity contribution in [3.63, 3.8) is 0 Å². The van der Waals surface area contributed by atoms with E-state index in [2.05, 4.69) is 16.0 Å². The van der Waals surface area contributed by atoms with E-state index in [9.17, 15) is 24.3 Å². The van der Waals surface area contributed by atoms with E-state index in [1.807, 2.05) is 0 Å². The molecule has 0 unspecified atom stereocenters. The summed E-state index contributed by atoms with van der Waals surface area (Å²) >= 11 is 0. The lowest BCUT2D eigenvalue weighted by molar-refractivity contribution is -0.148. The van der Waals surface area contributed by atoms with E-state index in [1.165, 1.54) is 4.90 Å². The number of nitrogens with zero attached hydrogens (tertiary/aromatic N) is 1. The molecule has 0 spiro atoms. The zero-order valence-corrected chi connectivity index (χ0v) is 16.1. The molecule has 2 saturated heterocycles. The molecule has 3 amide bonds. The summed E-state index contributed by atoms with van der Waals surface area (Å²) < 4.78 is 0. The van der Waals surface area contributed by atoms with Gasteiger partial charge in [0.2, 0.25) is 17.7 Å². The zero-order valence-electron chi connectivity index (χ0n) is 16.1. The van der Waals surface area contributed by atoms with Gasteiger partial charge in [-0.3, -0.25) is 14.4 Å². The normalized spacial score (nSPS) is 22.7. The van der Waals surface area contributed by atoms with Crippen LogP contribution in [0.15, 0.2) is 0 Å². The molecule has 6 N–H and O–H groups in total. The van der Waals surface area contributed by atoms with E-state index in [-0.39, 0.29) is 18.5 Å². The first-order valence-electron chi connectivity index (χ1n) is 9.98. The average Bonchev–Trinajstić information content (AvgIpc) is 3.36. The summed E-state index contributed by atoms with van der Waals surface area (Å²) in [6.07, 6.45) is 4.52. The number of nitrogens with one attached hydrogen (secondary N) is 3.